The van der Waals surface area contributed by atoms with Crippen LogP contribution in [0.5, 0.6) is 5.75 Å². The lowest BCUT2D eigenvalue weighted by molar-refractivity contribution is 0.286. The van der Waals surface area contributed by atoms with E-state index in [0.29, 0.717) is 0 Å². The predicted octanol–water partition coefficient (Wildman–Crippen LogP) is 5.05. The molecule has 0 unspecified atom stereocenters. The molecule has 0 aliphatic carbocycles. The van der Waals surface area contributed by atoms with Crippen molar-refractivity contribution >= 4 is 11.0 Å². The molecule has 2 aromatic carbocycles. The molecule has 0 aliphatic rings. The van der Waals surface area contributed by atoms with E-state index in [0.717, 1.165) is 55.9 Å². The Bertz CT molecular complexity index is 943. The largest absolute Gasteiger partial charge is 0.493 e. The smallest absolute Gasteiger partial charge is 0.122 e. The van der Waals surface area contributed by atoms with E-state index >= 15 is 0 Å². The Balaban J connectivity index is 1.64. The van der Waals surface area contributed by atoms with Gasteiger partial charge in [0.1, 0.15) is 11.6 Å². The minimum absolute atomic E-state index is 0.199. The van der Waals surface area contributed by atoms with Crippen molar-refractivity contribution in [3.05, 3.63) is 58.4 Å². The summed E-state index contributed by atoms with van der Waals surface area (Å²) in [6, 6.07) is 10.7. The van der Waals surface area contributed by atoms with Crippen molar-refractivity contribution in [2.75, 3.05) is 13.2 Å². The first-order valence-corrected chi connectivity index (χ1v) is 10.3. The van der Waals surface area contributed by atoms with Crippen molar-refractivity contribution in [3.8, 4) is 5.75 Å². The molecule has 28 heavy (non-hydrogen) atoms. The van der Waals surface area contributed by atoms with Crippen LogP contribution in [0.3, 0.4) is 0 Å². The van der Waals surface area contributed by atoms with Crippen molar-refractivity contribution in [1.29, 1.82) is 0 Å². The van der Waals surface area contributed by atoms with Crippen LogP contribution in [0.15, 0.2) is 30.3 Å². The lowest BCUT2D eigenvalue weighted by atomic mass is 10.1. The summed E-state index contributed by atoms with van der Waals surface area (Å²) < 4.78 is 8.30. The maximum absolute atomic E-state index is 9.22. The van der Waals surface area contributed by atoms with Gasteiger partial charge >= 0.3 is 0 Å². The van der Waals surface area contributed by atoms with Crippen LogP contribution in [-0.2, 0) is 13.0 Å². The van der Waals surface area contributed by atoms with Gasteiger partial charge in [0.2, 0.25) is 0 Å². The first-order chi connectivity index (χ1) is 13.5. The first kappa shape index (κ1) is 20.4. The Kier molecular flexibility index (Phi) is 6.74. The summed E-state index contributed by atoms with van der Waals surface area (Å²) in [7, 11) is 0. The zero-order valence-corrected chi connectivity index (χ0v) is 17.6. The van der Waals surface area contributed by atoms with Gasteiger partial charge in [-0.25, -0.2) is 4.98 Å². The second-order valence-electron chi connectivity index (χ2n) is 7.76. The van der Waals surface area contributed by atoms with Gasteiger partial charge in [0, 0.05) is 19.6 Å². The molecule has 0 aliphatic heterocycles. The molecule has 0 fully saturated rings. The predicted molar refractivity (Wildman–Crippen MR) is 115 cm³/mol. The Morgan fingerprint density at radius 2 is 1.71 bits per heavy atom. The zero-order chi connectivity index (χ0) is 20.1. The number of aryl methyl sites for hydroxylation is 6. The van der Waals surface area contributed by atoms with E-state index in [1.807, 2.05) is 0 Å². The van der Waals surface area contributed by atoms with Gasteiger partial charge in [0.25, 0.3) is 0 Å². The average Bonchev–Trinajstić information content (AvgIpc) is 2.98. The van der Waals surface area contributed by atoms with E-state index in [4.69, 9.17) is 9.72 Å². The fourth-order valence-corrected chi connectivity index (χ4v) is 3.62. The molecule has 4 nitrogen and oxygen atoms in total. The number of imidazole rings is 1. The van der Waals surface area contributed by atoms with E-state index in [2.05, 4.69) is 62.6 Å². The molecule has 4 heteroatoms. The van der Waals surface area contributed by atoms with Gasteiger partial charge in [-0.3, -0.25) is 0 Å². The zero-order valence-electron chi connectivity index (χ0n) is 17.6. The van der Waals surface area contributed by atoms with Crippen LogP contribution >= 0.6 is 0 Å². The molecule has 0 bridgehead atoms. The lowest BCUT2D eigenvalue weighted by Crippen LogP contribution is -2.07. The molecule has 0 saturated carbocycles. The van der Waals surface area contributed by atoms with E-state index in [1.165, 1.54) is 27.8 Å². The van der Waals surface area contributed by atoms with E-state index in [1.54, 1.807) is 0 Å². The number of aliphatic hydroxyl groups excluding tert-OH is 1. The topological polar surface area (TPSA) is 47.3 Å². The fraction of sp³-hybridized carbons (Fsp3) is 0.458. The number of aromatic nitrogens is 2. The van der Waals surface area contributed by atoms with Crippen LogP contribution < -0.4 is 4.74 Å². The normalized spacial score (nSPS) is 11.3. The van der Waals surface area contributed by atoms with Gasteiger partial charge < -0.3 is 14.4 Å². The van der Waals surface area contributed by atoms with Gasteiger partial charge in [-0.15, -0.1) is 0 Å². The van der Waals surface area contributed by atoms with Crippen molar-refractivity contribution in [3.63, 3.8) is 0 Å². The fourth-order valence-electron chi connectivity index (χ4n) is 3.62. The highest BCUT2D eigenvalue weighted by atomic mass is 16.5. The number of ether oxygens (including phenoxy) is 1. The molecule has 0 spiro atoms. The molecule has 1 aromatic heterocycles. The maximum atomic E-state index is 9.22. The molecule has 0 radical (unpaired) electrons. The number of rotatable bonds is 9. The molecular formula is C24H32N2O2. The Labute approximate surface area is 168 Å². The Morgan fingerprint density at radius 3 is 2.46 bits per heavy atom. The second kappa shape index (κ2) is 9.24. The number of aliphatic hydroxyl groups is 1. The molecule has 1 N–H and O–H groups in total. The summed E-state index contributed by atoms with van der Waals surface area (Å²) in [5.74, 6) is 2.05. The quantitative estimate of drug-likeness (QED) is 0.528. The summed E-state index contributed by atoms with van der Waals surface area (Å²) in [5, 5.41) is 9.22. The molecule has 0 amide bonds. The highest BCUT2D eigenvalue weighted by molar-refractivity contribution is 5.78. The lowest BCUT2D eigenvalue weighted by Gasteiger charge is -2.12. The van der Waals surface area contributed by atoms with Crippen LogP contribution in [0.1, 0.15) is 47.3 Å². The minimum Gasteiger partial charge on any atom is -0.493 e. The van der Waals surface area contributed by atoms with Crippen LogP contribution in [-0.4, -0.2) is 27.9 Å². The standard InChI is InChI=1S/C24H32N2O2/c1-17-9-10-23(20(4)14-17)28-13-6-5-11-26-22-16-19(3)18(2)15-21(22)25-24(26)8-7-12-27/h9-10,14-16,27H,5-8,11-13H2,1-4H3. The molecule has 0 atom stereocenters. The van der Waals surface area contributed by atoms with Gasteiger partial charge in [0.15, 0.2) is 0 Å². The molecule has 1 heterocycles. The average molecular weight is 381 g/mol. The first-order valence-electron chi connectivity index (χ1n) is 10.3. The van der Waals surface area contributed by atoms with Crippen LogP contribution in [0.2, 0.25) is 0 Å². The number of unbranched alkanes of at least 4 members (excludes halogenated alkanes) is 1. The summed E-state index contributed by atoms with van der Waals surface area (Å²) >= 11 is 0. The van der Waals surface area contributed by atoms with Gasteiger partial charge in [0.05, 0.1) is 17.6 Å². The van der Waals surface area contributed by atoms with Gasteiger partial charge in [-0.05, 0) is 81.8 Å². The number of benzene rings is 2. The number of hydrogen-bond acceptors (Lipinski definition) is 3. The van der Waals surface area contributed by atoms with Crippen molar-refractivity contribution in [2.45, 2.75) is 59.9 Å². The van der Waals surface area contributed by atoms with Gasteiger partial charge in [-0.2, -0.15) is 0 Å². The Morgan fingerprint density at radius 1 is 0.929 bits per heavy atom. The summed E-state index contributed by atoms with van der Waals surface area (Å²) in [5.41, 5.74) is 7.28. The minimum atomic E-state index is 0.199. The Hall–Kier alpha value is -2.33. The highest BCUT2D eigenvalue weighted by Crippen LogP contribution is 2.23. The second-order valence-corrected chi connectivity index (χ2v) is 7.76. The monoisotopic (exact) mass is 380 g/mol. The SMILES string of the molecule is Cc1ccc(OCCCCn2c(CCCO)nc3cc(C)c(C)cc32)c(C)c1. The number of fused-ring (bicyclic) bond motifs is 1. The summed E-state index contributed by atoms with van der Waals surface area (Å²) in [6.45, 7) is 10.3. The van der Waals surface area contributed by atoms with Crippen molar-refractivity contribution < 1.29 is 9.84 Å². The van der Waals surface area contributed by atoms with E-state index in [9.17, 15) is 5.11 Å². The van der Waals surface area contributed by atoms with E-state index in [-0.39, 0.29) is 6.61 Å². The van der Waals surface area contributed by atoms with Crippen molar-refractivity contribution in [1.82, 2.24) is 9.55 Å². The van der Waals surface area contributed by atoms with Crippen LogP contribution in [0, 0.1) is 27.7 Å². The molecule has 150 valence electrons. The van der Waals surface area contributed by atoms with Crippen molar-refractivity contribution in [2.24, 2.45) is 0 Å². The number of nitrogens with zero attached hydrogens (tertiary/aromatic N) is 2. The highest BCUT2D eigenvalue weighted by Gasteiger charge is 2.12. The third-order valence-corrected chi connectivity index (χ3v) is 5.37. The molecular weight excluding hydrogens is 348 g/mol. The summed E-state index contributed by atoms with van der Waals surface area (Å²) in [4.78, 5) is 4.84. The van der Waals surface area contributed by atoms with E-state index < -0.39 is 0 Å². The molecule has 3 rings (SSSR count). The van der Waals surface area contributed by atoms with Crippen LogP contribution in [0.4, 0.5) is 0 Å². The third-order valence-electron chi connectivity index (χ3n) is 5.37. The maximum Gasteiger partial charge on any atom is 0.122 e. The third kappa shape index (κ3) is 4.74. The summed E-state index contributed by atoms with van der Waals surface area (Å²) in [6.07, 6.45) is 3.59. The molecule has 3 aromatic rings. The number of hydrogen-bond donors (Lipinski definition) is 1. The van der Waals surface area contributed by atoms with Gasteiger partial charge in [-0.1, -0.05) is 17.7 Å². The van der Waals surface area contributed by atoms with Crippen LogP contribution in [0.25, 0.3) is 11.0 Å². The molecule has 0 saturated heterocycles.